The number of likely N-dealkylation sites (N-methyl/N-ethyl adjacent to an activating group) is 1. The van der Waals surface area contributed by atoms with Crippen LogP contribution in [0.3, 0.4) is 0 Å². The number of rotatable bonds is 9. The lowest BCUT2D eigenvalue weighted by Gasteiger charge is -2.20. The number of hydrogen-bond donors (Lipinski definition) is 1. The van der Waals surface area contributed by atoms with E-state index in [4.69, 9.17) is 4.74 Å². The van der Waals surface area contributed by atoms with Crippen molar-refractivity contribution in [1.82, 2.24) is 4.90 Å². The van der Waals surface area contributed by atoms with Crippen molar-refractivity contribution < 1.29 is 14.2 Å². The van der Waals surface area contributed by atoms with E-state index in [0.29, 0.717) is 12.1 Å². The van der Waals surface area contributed by atoms with E-state index in [2.05, 4.69) is 11.8 Å². The third kappa shape index (κ3) is 6.66. The van der Waals surface area contributed by atoms with Gasteiger partial charge in [0.05, 0.1) is 19.3 Å². The van der Waals surface area contributed by atoms with Gasteiger partial charge in [-0.3, -0.25) is 0 Å². The highest BCUT2D eigenvalue weighted by Crippen LogP contribution is 2.07. The highest BCUT2D eigenvalue weighted by atomic mass is 19.1. The number of unbranched alkanes of at least 4 members (excludes halogenated alkanes) is 1. The molecule has 0 unspecified atom stereocenters. The average molecular weight is 269 g/mol. The molecular formula is C15H24FNO2. The second kappa shape index (κ2) is 9.02. The third-order valence-corrected chi connectivity index (χ3v) is 2.94. The van der Waals surface area contributed by atoms with Crippen LogP contribution in [-0.2, 0) is 11.3 Å². The lowest BCUT2D eigenvalue weighted by Crippen LogP contribution is -2.32. The molecule has 1 aromatic rings. The zero-order valence-corrected chi connectivity index (χ0v) is 11.8. The second-order valence-corrected chi connectivity index (χ2v) is 4.88. The molecule has 108 valence electrons. The van der Waals surface area contributed by atoms with Gasteiger partial charge < -0.3 is 14.7 Å². The molecule has 0 heterocycles. The molecule has 4 heteroatoms. The van der Waals surface area contributed by atoms with Gasteiger partial charge in [-0.2, -0.15) is 0 Å². The van der Waals surface area contributed by atoms with E-state index in [1.165, 1.54) is 6.07 Å². The number of aliphatic hydroxyl groups is 1. The van der Waals surface area contributed by atoms with E-state index in [1.54, 1.807) is 18.2 Å². The highest BCUT2D eigenvalue weighted by molar-refractivity contribution is 5.16. The lowest BCUT2D eigenvalue weighted by molar-refractivity contribution is 0.0128. The first-order valence-electron chi connectivity index (χ1n) is 6.81. The molecule has 0 bridgehead atoms. The van der Waals surface area contributed by atoms with Crippen LogP contribution < -0.4 is 0 Å². The SMILES string of the molecule is CCCCN(C)C[C@@H](O)COCc1ccccc1F. The maximum absolute atomic E-state index is 13.3. The van der Waals surface area contributed by atoms with Gasteiger partial charge >= 0.3 is 0 Å². The largest absolute Gasteiger partial charge is 0.389 e. The Hall–Kier alpha value is -0.970. The Bertz CT molecular complexity index is 360. The maximum Gasteiger partial charge on any atom is 0.128 e. The molecule has 0 aliphatic carbocycles. The third-order valence-electron chi connectivity index (χ3n) is 2.94. The summed E-state index contributed by atoms with van der Waals surface area (Å²) in [5.41, 5.74) is 0.522. The van der Waals surface area contributed by atoms with Crippen LogP contribution in [0, 0.1) is 5.82 Å². The van der Waals surface area contributed by atoms with Crippen LogP contribution in [0.2, 0.25) is 0 Å². The number of hydrogen-bond acceptors (Lipinski definition) is 3. The zero-order valence-electron chi connectivity index (χ0n) is 11.8. The van der Waals surface area contributed by atoms with Crippen LogP contribution in [0.25, 0.3) is 0 Å². The van der Waals surface area contributed by atoms with Crippen LogP contribution >= 0.6 is 0 Å². The van der Waals surface area contributed by atoms with Gasteiger partial charge in [0.15, 0.2) is 0 Å². The van der Waals surface area contributed by atoms with Crippen molar-refractivity contribution in [2.45, 2.75) is 32.5 Å². The van der Waals surface area contributed by atoms with E-state index >= 15 is 0 Å². The highest BCUT2D eigenvalue weighted by Gasteiger charge is 2.09. The minimum Gasteiger partial charge on any atom is -0.389 e. The van der Waals surface area contributed by atoms with Crippen LogP contribution in [0.1, 0.15) is 25.3 Å². The normalized spacial score (nSPS) is 12.9. The van der Waals surface area contributed by atoms with Crippen LogP contribution in [-0.4, -0.2) is 42.9 Å². The van der Waals surface area contributed by atoms with Crippen LogP contribution in [0.4, 0.5) is 4.39 Å². The molecule has 1 aromatic carbocycles. The first kappa shape index (κ1) is 16.1. The minimum absolute atomic E-state index is 0.197. The second-order valence-electron chi connectivity index (χ2n) is 4.88. The number of halogens is 1. The van der Waals surface area contributed by atoms with Gasteiger partial charge in [0, 0.05) is 12.1 Å². The molecule has 0 radical (unpaired) electrons. The molecule has 0 spiro atoms. The van der Waals surface area contributed by atoms with Gasteiger partial charge in [0.2, 0.25) is 0 Å². The zero-order chi connectivity index (χ0) is 14.1. The molecule has 0 saturated heterocycles. The van der Waals surface area contributed by atoms with E-state index in [-0.39, 0.29) is 19.0 Å². The summed E-state index contributed by atoms with van der Waals surface area (Å²) < 4.78 is 18.7. The fraction of sp³-hybridized carbons (Fsp3) is 0.600. The Labute approximate surface area is 115 Å². The van der Waals surface area contributed by atoms with Gasteiger partial charge in [-0.15, -0.1) is 0 Å². The molecular weight excluding hydrogens is 245 g/mol. The van der Waals surface area contributed by atoms with Gasteiger partial charge in [0.25, 0.3) is 0 Å². The molecule has 0 aliphatic rings. The van der Waals surface area contributed by atoms with E-state index in [1.807, 2.05) is 7.05 Å². The number of ether oxygens (including phenoxy) is 1. The molecule has 0 fully saturated rings. The molecule has 0 aromatic heterocycles. The summed E-state index contributed by atoms with van der Waals surface area (Å²) in [6, 6.07) is 6.52. The van der Waals surface area contributed by atoms with Crippen LogP contribution in [0.15, 0.2) is 24.3 Å². The Morgan fingerprint density at radius 3 is 2.79 bits per heavy atom. The quantitative estimate of drug-likeness (QED) is 0.747. The van der Waals surface area contributed by atoms with Crippen molar-refractivity contribution in [1.29, 1.82) is 0 Å². The summed E-state index contributed by atoms with van der Waals surface area (Å²) >= 11 is 0. The Morgan fingerprint density at radius 1 is 1.37 bits per heavy atom. The summed E-state index contributed by atoms with van der Waals surface area (Å²) in [5.74, 6) is -0.267. The summed E-state index contributed by atoms with van der Waals surface area (Å²) in [5, 5.41) is 9.81. The molecule has 1 atom stereocenters. The summed E-state index contributed by atoms with van der Waals surface area (Å²) in [6.45, 7) is 4.12. The number of aliphatic hydroxyl groups excluding tert-OH is 1. The van der Waals surface area contributed by atoms with Crippen molar-refractivity contribution in [2.24, 2.45) is 0 Å². The molecule has 0 saturated carbocycles. The van der Waals surface area contributed by atoms with Crippen molar-refractivity contribution in [3.05, 3.63) is 35.6 Å². The minimum atomic E-state index is -0.534. The topological polar surface area (TPSA) is 32.7 Å². The monoisotopic (exact) mass is 269 g/mol. The predicted octanol–water partition coefficient (Wildman–Crippen LogP) is 2.44. The van der Waals surface area contributed by atoms with Gasteiger partial charge in [0.1, 0.15) is 5.82 Å². The molecule has 1 N–H and O–H groups in total. The fourth-order valence-corrected chi connectivity index (χ4v) is 1.85. The predicted molar refractivity (Wildman–Crippen MR) is 74.5 cm³/mol. The van der Waals surface area contributed by atoms with Crippen molar-refractivity contribution in [2.75, 3.05) is 26.7 Å². The standard InChI is InChI=1S/C15H24FNO2/c1-3-4-9-17(2)10-14(18)12-19-11-13-7-5-6-8-15(13)16/h5-8,14,18H,3-4,9-12H2,1-2H3/t14-/m1/s1. The first-order chi connectivity index (χ1) is 9.13. The van der Waals surface area contributed by atoms with Crippen molar-refractivity contribution >= 4 is 0 Å². The number of benzene rings is 1. The van der Waals surface area contributed by atoms with Gasteiger partial charge in [-0.05, 0) is 26.1 Å². The molecule has 0 aliphatic heterocycles. The Kier molecular flexibility index (Phi) is 7.63. The Morgan fingerprint density at radius 2 is 2.11 bits per heavy atom. The number of nitrogens with zero attached hydrogens (tertiary/aromatic N) is 1. The molecule has 0 amide bonds. The summed E-state index contributed by atoms with van der Waals surface area (Å²) in [6.07, 6.45) is 1.73. The lowest BCUT2D eigenvalue weighted by atomic mass is 10.2. The molecule has 3 nitrogen and oxygen atoms in total. The Balaban J connectivity index is 2.20. The maximum atomic E-state index is 13.3. The summed E-state index contributed by atoms with van der Waals surface area (Å²) in [4.78, 5) is 2.08. The fourth-order valence-electron chi connectivity index (χ4n) is 1.85. The average Bonchev–Trinajstić information content (AvgIpc) is 2.38. The van der Waals surface area contributed by atoms with Crippen molar-refractivity contribution in [3.63, 3.8) is 0 Å². The van der Waals surface area contributed by atoms with E-state index in [9.17, 15) is 9.50 Å². The van der Waals surface area contributed by atoms with Crippen molar-refractivity contribution in [3.8, 4) is 0 Å². The van der Waals surface area contributed by atoms with Gasteiger partial charge in [-0.25, -0.2) is 4.39 Å². The van der Waals surface area contributed by atoms with E-state index < -0.39 is 6.10 Å². The summed E-state index contributed by atoms with van der Waals surface area (Å²) in [7, 11) is 1.98. The first-order valence-corrected chi connectivity index (χ1v) is 6.81. The molecule has 19 heavy (non-hydrogen) atoms. The van der Waals surface area contributed by atoms with Crippen LogP contribution in [0.5, 0.6) is 0 Å². The van der Waals surface area contributed by atoms with E-state index in [0.717, 1.165) is 19.4 Å². The van der Waals surface area contributed by atoms with Gasteiger partial charge in [-0.1, -0.05) is 31.5 Å². The molecule has 1 rings (SSSR count). The smallest absolute Gasteiger partial charge is 0.128 e.